The number of halogens is 4. The highest BCUT2D eigenvalue weighted by atomic mass is 35.5. The van der Waals surface area contributed by atoms with E-state index in [1.165, 1.54) is 42.2 Å². The van der Waals surface area contributed by atoms with Gasteiger partial charge in [-0.3, -0.25) is 13.9 Å². The van der Waals surface area contributed by atoms with Gasteiger partial charge >= 0.3 is 6.18 Å². The van der Waals surface area contributed by atoms with Gasteiger partial charge in [0.1, 0.15) is 12.6 Å². The number of alkyl halides is 3. The SMILES string of the molecule is CC(C)CNC(=O)[C@@H](C)N(Cc1cccc(Cl)c1)C(=O)CN(c1cccc(C(F)(F)F)c1)S(=O)(=O)c1ccccc1. The second-order valence-electron chi connectivity index (χ2n) is 9.84. The molecular weight excluding hydrogens is 579 g/mol. The van der Waals surface area contributed by atoms with Crippen molar-refractivity contribution in [3.63, 3.8) is 0 Å². The molecular formula is C29H31ClF3N3O4S. The molecule has 1 N–H and O–H groups in total. The van der Waals surface area contributed by atoms with E-state index in [0.29, 0.717) is 27.5 Å². The summed E-state index contributed by atoms with van der Waals surface area (Å²) in [6.07, 6.45) is -4.75. The second-order valence-corrected chi connectivity index (χ2v) is 12.1. The first-order valence-electron chi connectivity index (χ1n) is 12.8. The van der Waals surface area contributed by atoms with Gasteiger partial charge in [-0.05, 0) is 60.9 Å². The van der Waals surface area contributed by atoms with Crippen LogP contribution in [-0.4, -0.2) is 44.3 Å². The summed E-state index contributed by atoms with van der Waals surface area (Å²) in [6.45, 7) is 4.69. The molecule has 220 valence electrons. The van der Waals surface area contributed by atoms with Crippen molar-refractivity contribution in [2.75, 3.05) is 17.4 Å². The number of hydrogen-bond acceptors (Lipinski definition) is 4. The summed E-state index contributed by atoms with van der Waals surface area (Å²) in [5.41, 5.74) is -0.851. The van der Waals surface area contributed by atoms with Gasteiger partial charge in [0, 0.05) is 18.1 Å². The van der Waals surface area contributed by atoms with Crippen LogP contribution in [0.25, 0.3) is 0 Å². The third-order valence-electron chi connectivity index (χ3n) is 6.17. The molecule has 3 rings (SSSR count). The van der Waals surface area contributed by atoms with Crippen molar-refractivity contribution in [2.24, 2.45) is 5.92 Å². The Bertz CT molecular complexity index is 1470. The molecule has 0 fully saturated rings. The lowest BCUT2D eigenvalue weighted by Crippen LogP contribution is -2.51. The smallest absolute Gasteiger partial charge is 0.354 e. The number of carbonyl (C=O) groups is 2. The Morgan fingerprint density at radius 3 is 2.20 bits per heavy atom. The molecule has 41 heavy (non-hydrogen) atoms. The van der Waals surface area contributed by atoms with Gasteiger partial charge in [0.2, 0.25) is 11.8 Å². The summed E-state index contributed by atoms with van der Waals surface area (Å²) in [6, 6.07) is 16.4. The average Bonchev–Trinajstić information content (AvgIpc) is 2.92. The van der Waals surface area contributed by atoms with Crippen molar-refractivity contribution in [2.45, 2.75) is 44.4 Å². The summed E-state index contributed by atoms with van der Waals surface area (Å²) >= 11 is 6.12. The Balaban J connectivity index is 2.06. The van der Waals surface area contributed by atoms with Gasteiger partial charge in [-0.1, -0.05) is 61.8 Å². The maximum absolute atomic E-state index is 13.8. The van der Waals surface area contributed by atoms with Crippen LogP contribution < -0.4 is 9.62 Å². The quantitative estimate of drug-likeness (QED) is 0.300. The van der Waals surface area contributed by atoms with Crippen LogP contribution >= 0.6 is 11.6 Å². The van der Waals surface area contributed by atoms with E-state index in [4.69, 9.17) is 11.6 Å². The monoisotopic (exact) mass is 609 g/mol. The maximum Gasteiger partial charge on any atom is 0.416 e. The molecule has 0 aliphatic rings. The first kappa shape index (κ1) is 32.0. The van der Waals surface area contributed by atoms with E-state index >= 15 is 0 Å². The van der Waals surface area contributed by atoms with Crippen LogP contribution in [0.3, 0.4) is 0 Å². The zero-order valence-electron chi connectivity index (χ0n) is 22.7. The molecule has 0 spiro atoms. The van der Waals surface area contributed by atoms with Crippen LogP contribution in [0.1, 0.15) is 31.9 Å². The number of anilines is 1. The highest BCUT2D eigenvalue weighted by Gasteiger charge is 2.35. The van der Waals surface area contributed by atoms with Crippen molar-refractivity contribution in [1.29, 1.82) is 0 Å². The van der Waals surface area contributed by atoms with Crippen molar-refractivity contribution in [1.82, 2.24) is 10.2 Å². The minimum atomic E-state index is -4.75. The largest absolute Gasteiger partial charge is 0.416 e. The molecule has 0 saturated carbocycles. The standard InChI is InChI=1S/C29H31ClF3N3O4S/c1-20(2)17-34-28(38)21(3)35(18-22-9-7-11-24(30)15-22)27(37)19-36(41(39,40)26-13-5-4-6-14-26)25-12-8-10-23(16-25)29(31,32)33/h4-16,20-21H,17-19H2,1-3H3,(H,34,38)/t21-/m1/s1. The van der Waals surface area contributed by atoms with Gasteiger partial charge in [-0.25, -0.2) is 8.42 Å². The van der Waals surface area contributed by atoms with E-state index in [1.54, 1.807) is 30.3 Å². The van der Waals surface area contributed by atoms with E-state index in [-0.39, 0.29) is 23.0 Å². The Morgan fingerprint density at radius 2 is 1.59 bits per heavy atom. The zero-order chi connectivity index (χ0) is 30.4. The van der Waals surface area contributed by atoms with Gasteiger partial charge in [0.05, 0.1) is 16.1 Å². The number of rotatable bonds is 11. The maximum atomic E-state index is 13.8. The fourth-order valence-corrected chi connectivity index (χ4v) is 5.59. The number of amides is 2. The molecule has 0 aromatic heterocycles. The minimum Gasteiger partial charge on any atom is -0.354 e. The van der Waals surface area contributed by atoms with Gasteiger partial charge in [0.25, 0.3) is 10.0 Å². The molecule has 0 bridgehead atoms. The van der Waals surface area contributed by atoms with E-state index in [9.17, 15) is 31.2 Å². The molecule has 3 aromatic rings. The fraction of sp³-hybridized carbons (Fsp3) is 0.310. The molecule has 0 aliphatic carbocycles. The zero-order valence-corrected chi connectivity index (χ0v) is 24.3. The Kier molecular flexibility index (Phi) is 10.4. The van der Waals surface area contributed by atoms with Gasteiger partial charge < -0.3 is 10.2 Å². The number of nitrogens with one attached hydrogen (secondary N) is 1. The second kappa shape index (κ2) is 13.4. The lowest BCUT2D eigenvalue weighted by Gasteiger charge is -2.32. The van der Waals surface area contributed by atoms with E-state index in [0.717, 1.165) is 12.1 Å². The van der Waals surface area contributed by atoms with Crippen LogP contribution in [0.5, 0.6) is 0 Å². The Hall–Kier alpha value is -3.57. The average molecular weight is 610 g/mol. The predicted octanol–water partition coefficient (Wildman–Crippen LogP) is 5.74. The van der Waals surface area contributed by atoms with Crippen molar-refractivity contribution in [3.8, 4) is 0 Å². The Morgan fingerprint density at radius 1 is 0.927 bits per heavy atom. The number of benzene rings is 3. The summed E-state index contributed by atoms with van der Waals surface area (Å²) in [7, 11) is -4.50. The lowest BCUT2D eigenvalue weighted by atomic mass is 10.1. The predicted molar refractivity (Wildman–Crippen MR) is 152 cm³/mol. The fourth-order valence-electron chi connectivity index (χ4n) is 3.95. The van der Waals surface area contributed by atoms with Gasteiger partial charge in [0.15, 0.2) is 0 Å². The van der Waals surface area contributed by atoms with E-state index < -0.39 is 46.2 Å². The van der Waals surface area contributed by atoms with Crippen molar-refractivity contribution < 1.29 is 31.2 Å². The molecule has 0 radical (unpaired) electrons. The lowest BCUT2D eigenvalue weighted by molar-refractivity contribution is -0.139. The molecule has 12 heteroatoms. The number of sulfonamides is 1. The third-order valence-corrected chi connectivity index (χ3v) is 8.19. The van der Waals surface area contributed by atoms with Gasteiger partial charge in [-0.2, -0.15) is 13.2 Å². The molecule has 0 aliphatic heterocycles. The molecule has 1 atom stereocenters. The number of carbonyl (C=O) groups excluding carboxylic acids is 2. The molecule has 7 nitrogen and oxygen atoms in total. The molecule has 3 aromatic carbocycles. The molecule has 0 heterocycles. The van der Waals surface area contributed by atoms with Crippen molar-refractivity contribution >= 4 is 39.1 Å². The van der Waals surface area contributed by atoms with Gasteiger partial charge in [-0.15, -0.1) is 0 Å². The summed E-state index contributed by atoms with van der Waals surface area (Å²) in [5.74, 6) is -1.13. The first-order valence-corrected chi connectivity index (χ1v) is 14.6. The highest BCUT2D eigenvalue weighted by Crippen LogP contribution is 2.33. The normalized spacial score (nSPS) is 12.6. The molecule has 0 unspecified atom stereocenters. The molecule has 2 amide bonds. The van der Waals surface area contributed by atoms with Crippen molar-refractivity contribution in [3.05, 3.63) is 95.0 Å². The van der Waals surface area contributed by atoms with E-state index in [2.05, 4.69) is 5.32 Å². The number of hydrogen-bond donors (Lipinski definition) is 1. The highest BCUT2D eigenvalue weighted by molar-refractivity contribution is 7.92. The number of nitrogens with zero attached hydrogens (tertiary/aromatic N) is 2. The van der Waals surface area contributed by atoms with Crippen LogP contribution in [0.15, 0.2) is 83.8 Å². The van der Waals surface area contributed by atoms with Crippen LogP contribution in [0, 0.1) is 5.92 Å². The first-order chi connectivity index (χ1) is 19.2. The van der Waals surface area contributed by atoms with Crippen LogP contribution in [0.4, 0.5) is 18.9 Å². The summed E-state index contributed by atoms with van der Waals surface area (Å²) in [4.78, 5) is 27.8. The minimum absolute atomic E-state index is 0.0997. The summed E-state index contributed by atoms with van der Waals surface area (Å²) in [5, 5.41) is 3.16. The molecule has 0 saturated heterocycles. The summed E-state index contributed by atoms with van der Waals surface area (Å²) < 4.78 is 68.7. The topological polar surface area (TPSA) is 86.8 Å². The van der Waals surface area contributed by atoms with E-state index in [1.807, 2.05) is 13.8 Å². The Labute approximate surface area is 243 Å². The third kappa shape index (κ3) is 8.46. The van der Waals surface area contributed by atoms with Crippen LogP contribution in [-0.2, 0) is 32.3 Å². The van der Waals surface area contributed by atoms with Crippen LogP contribution in [0.2, 0.25) is 5.02 Å².